The van der Waals surface area contributed by atoms with Crippen LogP contribution in [0.2, 0.25) is 0 Å². The van der Waals surface area contributed by atoms with Crippen LogP contribution in [0, 0.1) is 6.92 Å². The molecular formula is C14H20N2. The number of hydrogen-bond donors (Lipinski definition) is 2. The van der Waals surface area contributed by atoms with Gasteiger partial charge >= 0.3 is 0 Å². The van der Waals surface area contributed by atoms with E-state index in [-0.39, 0.29) is 6.04 Å². The van der Waals surface area contributed by atoms with Gasteiger partial charge in [-0.1, -0.05) is 35.4 Å². The van der Waals surface area contributed by atoms with Gasteiger partial charge in [0.05, 0.1) is 0 Å². The lowest BCUT2D eigenvalue weighted by molar-refractivity contribution is 0.655. The highest BCUT2D eigenvalue weighted by atomic mass is 14.7. The summed E-state index contributed by atoms with van der Waals surface area (Å²) in [7, 11) is 0. The third kappa shape index (κ3) is 2.52. The Morgan fingerprint density at radius 1 is 1.31 bits per heavy atom. The zero-order chi connectivity index (χ0) is 11.5. The van der Waals surface area contributed by atoms with Gasteiger partial charge in [0.15, 0.2) is 0 Å². The van der Waals surface area contributed by atoms with E-state index in [1.807, 2.05) is 0 Å². The molecule has 0 spiro atoms. The second-order valence-electron chi connectivity index (χ2n) is 4.70. The standard InChI is InChI=1S/C14H20N2/c1-10-2-4-13-7-11(8-14(16)9-15)3-5-12(13)6-10/h2,4,6-7,14H,3,5,8-9,15-16H2,1H3. The third-order valence-electron chi connectivity index (χ3n) is 3.20. The fourth-order valence-electron chi connectivity index (χ4n) is 2.26. The molecule has 16 heavy (non-hydrogen) atoms. The molecule has 0 aromatic heterocycles. The molecule has 0 amide bonds. The molecule has 2 heteroatoms. The summed E-state index contributed by atoms with van der Waals surface area (Å²) >= 11 is 0. The minimum atomic E-state index is 0.109. The molecule has 0 heterocycles. The molecule has 1 aromatic carbocycles. The number of hydrogen-bond acceptors (Lipinski definition) is 2. The monoisotopic (exact) mass is 216 g/mol. The van der Waals surface area contributed by atoms with Gasteiger partial charge in [0.1, 0.15) is 0 Å². The second kappa shape index (κ2) is 4.81. The van der Waals surface area contributed by atoms with E-state index in [0.717, 1.165) is 19.3 Å². The number of rotatable bonds is 3. The molecule has 2 rings (SSSR count). The average Bonchev–Trinajstić information content (AvgIpc) is 2.29. The van der Waals surface area contributed by atoms with E-state index in [1.54, 1.807) is 0 Å². The van der Waals surface area contributed by atoms with Crippen molar-refractivity contribution in [3.63, 3.8) is 0 Å². The van der Waals surface area contributed by atoms with Crippen LogP contribution in [0.25, 0.3) is 6.08 Å². The molecule has 0 aliphatic heterocycles. The Balaban J connectivity index is 2.18. The van der Waals surface area contributed by atoms with Crippen molar-refractivity contribution in [2.75, 3.05) is 6.54 Å². The molecule has 0 bridgehead atoms. The SMILES string of the molecule is Cc1ccc2c(c1)CCC(CC(N)CN)=C2. The van der Waals surface area contributed by atoms with E-state index in [0.29, 0.717) is 6.54 Å². The van der Waals surface area contributed by atoms with Crippen molar-refractivity contribution in [3.8, 4) is 0 Å². The minimum absolute atomic E-state index is 0.109. The van der Waals surface area contributed by atoms with Crippen LogP contribution in [0.4, 0.5) is 0 Å². The number of benzene rings is 1. The largest absolute Gasteiger partial charge is 0.329 e. The molecule has 0 fully saturated rings. The Labute approximate surface area is 97.3 Å². The first-order valence-corrected chi connectivity index (χ1v) is 5.93. The molecule has 2 nitrogen and oxygen atoms in total. The van der Waals surface area contributed by atoms with E-state index >= 15 is 0 Å². The third-order valence-corrected chi connectivity index (χ3v) is 3.20. The maximum Gasteiger partial charge on any atom is 0.0200 e. The van der Waals surface area contributed by atoms with Crippen LogP contribution >= 0.6 is 0 Å². The normalized spacial score (nSPS) is 16.6. The highest BCUT2D eigenvalue weighted by molar-refractivity contribution is 5.60. The summed E-state index contributed by atoms with van der Waals surface area (Å²) in [4.78, 5) is 0. The van der Waals surface area contributed by atoms with Gasteiger partial charge in [0, 0.05) is 12.6 Å². The molecule has 1 atom stereocenters. The lowest BCUT2D eigenvalue weighted by Gasteiger charge is -2.19. The quantitative estimate of drug-likeness (QED) is 0.812. The number of aryl methyl sites for hydroxylation is 2. The highest BCUT2D eigenvalue weighted by Gasteiger charge is 2.12. The van der Waals surface area contributed by atoms with Gasteiger partial charge in [-0.05, 0) is 37.3 Å². The smallest absolute Gasteiger partial charge is 0.0200 e. The van der Waals surface area contributed by atoms with Crippen LogP contribution in [-0.2, 0) is 6.42 Å². The van der Waals surface area contributed by atoms with Crippen molar-refractivity contribution in [1.29, 1.82) is 0 Å². The first kappa shape index (κ1) is 11.4. The fourth-order valence-corrected chi connectivity index (χ4v) is 2.26. The lowest BCUT2D eigenvalue weighted by Crippen LogP contribution is -2.30. The zero-order valence-corrected chi connectivity index (χ0v) is 9.87. The highest BCUT2D eigenvalue weighted by Crippen LogP contribution is 2.26. The van der Waals surface area contributed by atoms with Crippen molar-refractivity contribution in [2.45, 2.75) is 32.2 Å². The summed E-state index contributed by atoms with van der Waals surface area (Å²) in [5.74, 6) is 0. The Morgan fingerprint density at radius 2 is 2.12 bits per heavy atom. The van der Waals surface area contributed by atoms with Crippen molar-refractivity contribution in [2.24, 2.45) is 11.5 Å². The van der Waals surface area contributed by atoms with Crippen molar-refractivity contribution in [3.05, 3.63) is 40.5 Å². The van der Waals surface area contributed by atoms with Crippen LogP contribution in [0.1, 0.15) is 29.5 Å². The lowest BCUT2D eigenvalue weighted by atomic mass is 9.88. The Morgan fingerprint density at radius 3 is 2.88 bits per heavy atom. The predicted octanol–water partition coefficient (Wildman–Crippen LogP) is 2.00. The zero-order valence-electron chi connectivity index (χ0n) is 9.87. The molecule has 1 unspecified atom stereocenters. The molecule has 1 aromatic rings. The Bertz CT molecular complexity index is 407. The van der Waals surface area contributed by atoms with Crippen LogP contribution in [0.3, 0.4) is 0 Å². The molecule has 1 aliphatic rings. The van der Waals surface area contributed by atoms with E-state index in [1.165, 1.54) is 22.3 Å². The van der Waals surface area contributed by atoms with Gasteiger partial charge in [0.25, 0.3) is 0 Å². The Kier molecular flexibility index (Phi) is 3.42. The molecule has 0 radical (unpaired) electrons. The predicted molar refractivity (Wildman–Crippen MR) is 69.1 cm³/mol. The van der Waals surface area contributed by atoms with E-state index in [2.05, 4.69) is 31.2 Å². The van der Waals surface area contributed by atoms with Gasteiger partial charge in [-0.3, -0.25) is 0 Å². The van der Waals surface area contributed by atoms with Gasteiger partial charge < -0.3 is 11.5 Å². The van der Waals surface area contributed by atoms with Gasteiger partial charge in [0.2, 0.25) is 0 Å². The van der Waals surface area contributed by atoms with Crippen molar-refractivity contribution >= 4 is 6.08 Å². The van der Waals surface area contributed by atoms with Crippen LogP contribution in [-0.4, -0.2) is 12.6 Å². The first-order chi connectivity index (χ1) is 7.69. The summed E-state index contributed by atoms with van der Waals surface area (Å²) in [6, 6.07) is 6.77. The molecule has 0 saturated carbocycles. The molecule has 4 N–H and O–H groups in total. The second-order valence-corrected chi connectivity index (χ2v) is 4.70. The fraction of sp³-hybridized carbons (Fsp3) is 0.429. The summed E-state index contributed by atoms with van der Waals surface area (Å²) < 4.78 is 0. The topological polar surface area (TPSA) is 52.0 Å². The molecule has 0 saturated heterocycles. The van der Waals surface area contributed by atoms with Gasteiger partial charge in [-0.2, -0.15) is 0 Å². The molecule has 86 valence electrons. The summed E-state index contributed by atoms with van der Waals surface area (Å²) in [6.07, 6.45) is 5.49. The van der Waals surface area contributed by atoms with Crippen molar-refractivity contribution < 1.29 is 0 Å². The molecular weight excluding hydrogens is 196 g/mol. The first-order valence-electron chi connectivity index (χ1n) is 5.93. The van der Waals surface area contributed by atoms with Gasteiger partial charge in [-0.25, -0.2) is 0 Å². The number of fused-ring (bicyclic) bond motifs is 1. The van der Waals surface area contributed by atoms with E-state index in [4.69, 9.17) is 11.5 Å². The van der Waals surface area contributed by atoms with E-state index < -0.39 is 0 Å². The van der Waals surface area contributed by atoms with Crippen LogP contribution < -0.4 is 11.5 Å². The van der Waals surface area contributed by atoms with E-state index in [9.17, 15) is 0 Å². The minimum Gasteiger partial charge on any atom is -0.329 e. The van der Waals surface area contributed by atoms with Crippen LogP contribution in [0.15, 0.2) is 23.8 Å². The van der Waals surface area contributed by atoms with Gasteiger partial charge in [-0.15, -0.1) is 0 Å². The number of nitrogens with two attached hydrogens (primary N) is 2. The summed E-state index contributed by atoms with van der Waals surface area (Å²) in [5, 5.41) is 0. The average molecular weight is 216 g/mol. The summed E-state index contributed by atoms with van der Waals surface area (Å²) in [6.45, 7) is 2.71. The maximum absolute atomic E-state index is 5.88. The van der Waals surface area contributed by atoms with Crippen LogP contribution in [0.5, 0.6) is 0 Å². The Hall–Kier alpha value is -1.12. The summed E-state index contributed by atoms with van der Waals surface area (Å²) in [5.41, 5.74) is 17.0. The maximum atomic E-state index is 5.88. The van der Waals surface area contributed by atoms with Crippen molar-refractivity contribution in [1.82, 2.24) is 0 Å². The molecule has 1 aliphatic carbocycles.